The molecule has 1 unspecified atom stereocenters. The summed E-state index contributed by atoms with van der Waals surface area (Å²) in [6.07, 6.45) is 1.70. The van der Waals surface area contributed by atoms with E-state index in [9.17, 15) is 0 Å². The molecule has 0 saturated heterocycles. The molecule has 0 radical (unpaired) electrons. The molecule has 0 fully saturated rings. The molecule has 3 aromatic heterocycles. The van der Waals surface area contributed by atoms with Gasteiger partial charge in [0.05, 0.1) is 10.8 Å². The van der Waals surface area contributed by atoms with Gasteiger partial charge in [-0.15, -0.1) is 15.3 Å². The number of hydrogen-bond donors (Lipinski definition) is 0. The highest BCUT2D eigenvalue weighted by Crippen LogP contribution is 2.33. The molecule has 4 aromatic rings. The van der Waals surface area contributed by atoms with Crippen molar-refractivity contribution in [2.45, 2.75) is 24.3 Å². The van der Waals surface area contributed by atoms with Crippen molar-refractivity contribution in [1.82, 2.24) is 34.3 Å². The van der Waals surface area contributed by atoms with Gasteiger partial charge in [-0.25, -0.2) is 9.97 Å². The van der Waals surface area contributed by atoms with Crippen molar-refractivity contribution in [3.63, 3.8) is 0 Å². The van der Waals surface area contributed by atoms with Gasteiger partial charge in [0.15, 0.2) is 10.8 Å². The van der Waals surface area contributed by atoms with E-state index in [-0.39, 0.29) is 5.25 Å². The lowest BCUT2D eigenvalue weighted by Crippen LogP contribution is -2.03. The molecule has 1 aromatic carbocycles. The molecule has 4 rings (SSSR count). The maximum Gasteiger partial charge on any atom is 0.192 e. The standard InChI is InChI=1S/C15H15N7S/c1-9(13-19-16-8-21(13)3)23-15-18-12-7-5-4-6-11(12)14-17-10(2)20-22(14)15/h4-9H,1-3H3. The van der Waals surface area contributed by atoms with E-state index >= 15 is 0 Å². The monoisotopic (exact) mass is 325 g/mol. The predicted octanol–water partition coefficient (Wildman–Crippen LogP) is 2.57. The summed E-state index contributed by atoms with van der Waals surface area (Å²) in [6.45, 7) is 3.98. The highest BCUT2D eigenvalue weighted by Gasteiger charge is 2.18. The van der Waals surface area contributed by atoms with Crippen molar-refractivity contribution in [3.8, 4) is 0 Å². The second-order valence-electron chi connectivity index (χ2n) is 5.37. The Kier molecular flexibility index (Phi) is 3.26. The van der Waals surface area contributed by atoms with Gasteiger partial charge in [0.25, 0.3) is 0 Å². The summed E-state index contributed by atoms with van der Waals surface area (Å²) < 4.78 is 3.73. The molecule has 0 N–H and O–H groups in total. The molecule has 0 bridgehead atoms. The number of fused-ring (bicyclic) bond motifs is 3. The SMILES string of the molecule is Cc1nc2c3ccccc3nc(SC(C)c3nncn3C)n2n1. The van der Waals surface area contributed by atoms with Crippen LogP contribution < -0.4 is 0 Å². The zero-order chi connectivity index (χ0) is 16.0. The van der Waals surface area contributed by atoms with E-state index in [1.54, 1.807) is 18.1 Å². The highest BCUT2D eigenvalue weighted by molar-refractivity contribution is 7.99. The number of para-hydroxylation sites is 1. The van der Waals surface area contributed by atoms with Crippen LogP contribution in [0.5, 0.6) is 0 Å². The Morgan fingerprint density at radius 1 is 1.17 bits per heavy atom. The van der Waals surface area contributed by atoms with Crippen molar-refractivity contribution >= 4 is 28.3 Å². The molecule has 1 atom stereocenters. The fourth-order valence-electron chi connectivity index (χ4n) is 2.58. The number of nitrogens with zero attached hydrogens (tertiary/aromatic N) is 7. The minimum atomic E-state index is 0.101. The largest absolute Gasteiger partial charge is 0.320 e. The lowest BCUT2D eigenvalue weighted by Gasteiger charge is -2.11. The van der Waals surface area contributed by atoms with E-state index in [4.69, 9.17) is 4.98 Å². The van der Waals surface area contributed by atoms with Crippen LogP contribution in [0.15, 0.2) is 35.7 Å². The van der Waals surface area contributed by atoms with Crippen LogP contribution in [0.4, 0.5) is 0 Å². The van der Waals surface area contributed by atoms with Crippen LogP contribution in [-0.2, 0) is 7.05 Å². The van der Waals surface area contributed by atoms with Crippen molar-refractivity contribution in [2.24, 2.45) is 7.05 Å². The molecule has 7 nitrogen and oxygen atoms in total. The normalized spacial score (nSPS) is 13.0. The van der Waals surface area contributed by atoms with Gasteiger partial charge in [-0.05, 0) is 26.0 Å². The van der Waals surface area contributed by atoms with Crippen molar-refractivity contribution < 1.29 is 0 Å². The lowest BCUT2D eigenvalue weighted by molar-refractivity contribution is 0.772. The van der Waals surface area contributed by atoms with Crippen molar-refractivity contribution in [3.05, 3.63) is 42.2 Å². The smallest absolute Gasteiger partial charge is 0.192 e. The van der Waals surface area contributed by atoms with Gasteiger partial charge in [0.2, 0.25) is 0 Å². The number of hydrogen-bond acceptors (Lipinski definition) is 6. The topological polar surface area (TPSA) is 73.8 Å². The Balaban J connectivity index is 1.86. The van der Waals surface area contributed by atoms with Gasteiger partial charge in [-0.3, -0.25) is 0 Å². The second-order valence-corrected chi connectivity index (χ2v) is 6.67. The zero-order valence-electron chi connectivity index (χ0n) is 13.0. The lowest BCUT2D eigenvalue weighted by atomic mass is 10.2. The van der Waals surface area contributed by atoms with Crippen LogP contribution in [0.25, 0.3) is 16.6 Å². The third kappa shape index (κ3) is 2.35. The van der Waals surface area contributed by atoms with E-state index < -0.39 is 0 Å². The Labute approximate surface area is 136 Å². The number of thioether (sulfide) groups is 1. The quantitative estimate of drug-likeness (QED) is 0.426. The Bertz CT molecular complexity index is 1000. The van der Waals surface area contributed by atoms with E-state index in [0.29, 0.717) is 0 Å². The van der Waals surface area contributed by atoms with Crippen LogP contribution in [-0.4, -0.2) is 34.3 Å². The minimum absolute atomic E-state index is 0.101. The Morgan fingerprint density at radius 3 is 2.78 bits per heavy atom. The molecule has 0 aliphatic rings. The minimum Gasteiger partial charge on any atom is -0.320 e. The maximum atomic E-state index is 4.76. The number of aromatic nitrogens is 7. The Morgan fingerprint density at radius 2 is 2.00 bits per heavy atom. The fourth-order valence-corrected chi connectivity index (χ4v) is 3.59. The highest BCUT2D eigenvalue weighted by atomic mass is 32.2. The van der Waals surface area contributed by atoms with Crippen molar-refractivity contribution in [1.29, 1.82) is 0 Å². The van der Waals surface area contributed by atoms with Crippen LogP contribution >= 0.6 is 11.8 Å². The van der Waals surface area contributed by atoms with E-state index in [0.717, 1.165) is 33.4 Å². The van der Waals surface area contributed by atoms with Gasteiger partial charge < -0.3 is 4.57 Å². The maximum absolute atomic E-state index is 4.76. The third-order valence-electron chi connectivity index (χ3n) is 3.65. The summed E-state index contributed by atoms with van der Waals surface area (Å²) in [5.41, 5.74) is 1.75. The molecule has 0 spiro atoms. The van der Waals surface area contributed by atoms with Gasteiger partial charge >= 0.3 is 0 Å². The molecule has 0 aliphatic carbocycles. The van der Waals surface area contributed by atoms with Crippen LogP contribution in [0, 0.1) is 6.92 Å². The van der Waals surface area contributed by atoms with E-state index in [2.05, 4.69) is 27.2 Å². The van der Waals surface area contributed by atoms with Crippen LogP contribution in [0.3, 0.4) is 0 Å². The summed E-state index contributed by atoms with van der Waals surface area (Å²) in [4.78, 5) is 9.32. The Hall–Kier alpha value is -2.48. The molecular weight excluding hydrogens is 310 g/mol. The third-order valence-corrected chi connectivity index (χ3v) is 4.69. The second kappa shape index (κ2) is 5.31. The first-order chi connectivity index (χ1) is 11.1. The first-order valence-electron chi connectivity index (χ1n) is 7.26. The summed E-state index contributed by atoms with van der Waals surface area (Å²) in [6, 6.07) is 7.99. The van der Waals surface area contributed by atoms with Crippen molar-refractivity contribution in [2.75, 3.05) is 0 Å². The molecule has 0 saturated carbocycles. The summed E-state index contributed by atoms with van der Waals surface area (Å²) in [7, 11) is 1.94. The number of benzene rings is 1. The summed E-state index contributed by atoms with van der Waals surface area (Å²) in [5.74, 6) is 1.63. The number of aryl methyl sites for hydroxylation is 2. The van der Waals surface area contributed by atoms with Gasteiger partial charge in [0, 0.05) is 12.4 Å². The van der Waals surface area contributed by atoms with E-state index in [1.807, 2.05) is 47.3 Å². The molecule has 0 aliphatic heterocycles. The molecule has 3 heterocycles. The van der Waals surface area contributed by atoms with E-state index in [1.165, 1.54) is 0 Å². The zero-order valence-corrected chi connectivity index (χ0v) is 13.8. The summed E-state index contributed by atoms with van der Waals surface area (Å²) in [5, 5.41) is 14.5. The first kappa shape index (κ1) is 14.1. The van der Waals surface area contributed by atoms with Crippen LogP contribution in [0.1, 0.15) is 23.8 Å². The fraction of sp³-hybridized carbons (Fsp3) is 0.267. The predicted molar refractivity (Wildman–Crippen MR) is 88.3 cm³/mol. The number of rotatable bonds is 3. The molecular formula is C15H15N7S. The van der Waals surface area contributed by atoms with Gasteiger partial charge in [-0.2, -0.15) is 4.52 Å². The molecule has 0 amide bonds. The molecule has 8 heteroatoms. The average molecular weight is 325 g/mol. The van der Waals surface area contributed by atoms with Crippen LogP contribution in [0.2, 0.25) is 0 Å². The summed E-state index contributed by atoms with van der Waals surface area (Å²) >= 11 is 1.60. The molecule has 116 valence electrons. The first-order valence-corrected chi connectivity index (χ1v) is 8.14. The van der Waals surface area contributed by atoms with Gasteiger partial charge in [-0.1, -0.05) is 23.9 Å². The van der Waals surface area contributed by atoms with Gasteiger partial charge in [0.1, 0.15) is 18.0 Å². The average Bonchev–Trinajstić information content (AvgIpc) is 3.13. The molecule has 23 heavy (non-hydrogen) atoms.